The van der Waals surface area contributed by atoms with Crippen molar-refractivity contribution in [2.24, 2.45) is 0 Å². The molecule has 0 radical (unpaired) electrons. The molecule has 1 aromatic heterocycles. The van der Waals surface area contributed by atoms with E-state index in [1.807, 2.05) is 13.2 Å². The van der Waals surface area contributed by atoms with Gasteiger partial charge in [0.05, 0.1) is 0 Å². The van der Waals surface area contributed by atoms with Crippen LogP contribution in [-0.2, 0) is 6.18 Å². The summed E-state index contributed by atoms with van der Waals surface area (Å²) in [7, 11) is 0. The van der Waals surface area contributed by atoms with Gasteiger partial charge in [-0.15, -0.1) is 0 Å². The fourth-order valence-corrected chi connectivity index (χ4v) is 1.52. The average Bonchev–Trinajstić information content (AvgIpc) is 2.14. The van der Waals surface area contributed by atoms with E-state index in [1.165, 1.54) is 17.8 Å². The SMILES string of the molecule is CS[C@H](C)c1ccc(C(F)(F)F)[n+](O)c1. The van der Waals surface area contributed by atoms with Gasteiger partial charge in [-0.1, -0.05) is 0 Å². The fraction of sp³-hybridized carbons (Fsp3) is 0.444. The Kier molecular flexibility index (Phi) is 3.49. The van der Waals surface area contributed by atoms with Crippen LogP contribution in [0.3, 0.4) is 0 Å². The Hall–Kier alpha value is -0.910. The minimum absolute atomic E-state index is 0.0469. The quantitative estimate of drug-likeness (QED) is 0.632. The smallest absolute Gasteiger partial charge is 0.285 e. The predicted octanol–water partition coefficient (Wildman–Crippen LogP) is 2.65. The summed E-state index contributed by atoms with van der Waals surface area (Å²) >= 11 is 1.49. The molecule has 0 bridgehead atoms. The molecule has 0 saturated heterocycles. The molecule has 6 heteroatoms. The van der Waals surface area contributed by atoms with Gasteiger partial charge in [0, 0.05) is 21.6 Å². The maximum Gasteiger partial charge on any atom is 0.482 e. The molecule has 84 valence electrons. The third kappa shape index (κ3) is 2.77. The van der Waals surface area contributed by atoms with E-state index in [0.29, 0.717) is 5.56 Å². The molecule has 0 aliphatic heterocycles. The highest BCUT2D eigenvalue weighted by atomic mass is 32.2. The molecule has 1 atom stereocenters. The summed E-state index contributed by atoms with van der Waals surface area (Å²) in [6, 6.07) is 2.25. The van der Waals surface area contributed by atoms with E-state index in [9.17, 15) is 13.2 Å². The first-order valence-electron chi connectivity index (χ1n) is 4.21. The lowest BCUT2D eigenvalue weighted by Crippen LogP contribution is -2.39. The van der Waals surface area contributed by atoms with Crippen LogP contribution in [0.5, 0.6) is 0 Å². The summed E-state index contributed by atoms with van der Waals surface area (Å²) in [6.45, 7) is 1.85. The van der Waals surface area contributed by atoms with Gasteiger partial charge >= 0.3 is 11.9 Å². The molecule has 0 aromatic carbocycles. The molecule has 1 heterocycles. The van der Waals surface area contributed by atoms with Crippen molar-refractivity contribution >= 4 is 11.8 Å². The Morgan fingerprint density at radius 2 is 2.00 bits per heavy atom. The maximum absolute atomic E-state index is 12.3. The Morgan fingerprint density at radius 3 is 2.40 bits per heavy atom. The Labute approximate surface area is 89.7 Å². The number of nitrogens with zero attached hydrogens (tertiary/aromatic N) is 1. The van der Waals surface area contributed by atoms with Crippen LogP contribution in [0.1, 0.15) is 23.4 Å². The van der Waals surface area contributed by atoms with Crippen LogP contribution in [-0.4, -0.2) is 11.5 Å². The number of hydrogen-bond acceptors (Lipinski definition) is 2. The van der Waals surface area contributed by atoms with E-state index in [4.69, 9.17) is 5.21 Å². The number of pyridine rings is 1. The van der Waals surface area contributed by atoms with Crippen LogP contribution in [0.2, 0.25) is 0 Å². The normalized spacial score (nSPS) is 13.9. The zero-order chi connectivity index (χ0) is 11.6. The van der Waals surface area contributed by atoms with Crippen LogP contribution in [0.25, 0.3) is 0 Å². The van der Waals surface area contributed by atoms with Crippen molar-refractivity contribution in [1.82, 2.24) is 0 Å². The van der Waals surface area contributed by atoms with Gasteiger partial charge in [-0.25, -0.2) is 0 Å². The molecule has 0 saturated carbocycles. The van der Waals surface area contributed by atoms with Crippen molar-refractivity contribution in [2.45, 2.75) is 18.3 Å². The lowest BCUT2D eigenvalue weighted by Gasteiger charge is -2.07. The molecule has 0 aliphatic carbocycles. The molecule has 2 nitrogen and oxygen atoms in total. The highest BCUT2D eigenvalue weighted by Crippen LogP contribution is 2.29. The minimum Gasteiger partial charge on any atom is -0.285 e. The summed E-state index contributed by atoms with van der Waals surface area (Å²) in [5.74, 6) is 0. The molecule has 0 unspecified atom stereocenters. The molecule has 1 rings (SSSR count). The highest BCUT2D eigenvalue weighted by molar-refractivity contribution is 7.98. The first kappa shape index (κ1) is 12.2. The molecule has 0 amide bonds. The fourth-order valence-electron chi connectivity index (χ4n) is 1.11. The van der Waals surface area contributed by atoms with Crippen LogP contribution >= 0.6 is 11.8 Å². The minimum atomic E-state index is -4.53. The molecular weight excluding hydrogens is 227 g/mol. The van der Waals surface area contributed by atoms with Gasteiger partial charge < -0.3 is 0 Å². The summed E-state index contributed by atoms with van der Waals surface area (Å²) < 4.78 is 37.0. The van der Waals surface area contributed by atoms with Gasteiger partial charge in [0.2, 0.25) is 6.20 Å². The van der Waals surface area contributed by atoms with Gasteiger partial charge in [-0.05, 0) is 19.2 Å². The largest absolute Gasteiger partial charge is 0.482 e. The molecule has 0 aliphatic rings. The summed E-state index contributed by atoms with van der Waals surface area (Å²) in [5.41, 5.74) is -0.419. The van der Waals surface area contributed by atoms with Gasteiger partial charge in [0.25, 0.3) is 0 Å². The number of hydrogen-bond donors (Lipinski definition) is 1. The second-order valence-electron chi connectivity index (χ2n) is 3.07. The standard InChI is InChI=1S/C9H11F3NOS/c1-6(15-2)7-3-4-8(9(10,11)12)13(14)5-7/h3-6,14H,1-2H3/q+1/t6-/m1/s1. The number of thioether (sulfide) groups is 1. The summed E-state index contributed by atoms with van der Waals surface area (Å²) in [5, 5.41) is 9.21. The predicted molar refractivity (Wildman–Crippen MR) is 50.8 cm³/mol. The van der Waals surface area contributed by atoms with E-state index in [2.05, 4.69) is 0 Å². The van der Waals surface area contributed by atoms with E-state index in [-0.39, 0.29) is 9.98 Å². The third-order valence-electron chi connectivity index (χ3n) is 2.07. The zero-order valence-electron chi connectivity index (χ0n) is 8.25. The molecule has 0 fully saturated rings. The molecule has 15 heavy (non-hydrogen) atoms. The number of aromatic nitrogens is 1. The van der Waals surface area contributed by atoms with Crippen molar-refractivity contribution in [3.8, 4) is 0 Å². The van der Waals surface area contributed by atoms with Crippen LogP contribution in [0, 0.1) is 0 Å². The third-order valence-corrected chi connectivity index (χ3v) is 3.04. The average molecular weight is 238 g/mol. The first-order valence-corrected chi connectivity index (χ1v) is 5.50. The summed E-state index contributed by atoms with van der Waals surface area (Å²) in [6.07, 6.45) is -1.59. The maximum atomic E-state index is 12.3. The molecule has 1 N–H and O–H groups in total. The molecular formula is C9H11F3NOS+. The van der Waals surface area contributed by atoms with Crippen LogP contribution < -0.4 is 4.73 Å². The Balaban J connectivity index is 3.09. The second-order valence-corrected chi connectivity index (χ2v) is 4.25. The van der Waals surface area contributed by atoms with E-state index in [1.54, 1.807) is 0 Å². The van der Waals surface area contributed by atoms with Crippen LogP contribution in [0.15, 0.2) is 18.3 Å². The van der Waals surface area contributed by atoms with Gasteiger partial charge in [-0.2, -0.15) is 24.9 Å². The van der Waals surface area contributed by atoms with Gasteiger partial charge in [0.15, 0.2) is 0 Å². The summed E-state index contributed by atoms with van der Waals surface area (Å²) in [4.78, 5) is 0. The van der Waals surface area contributed by atoms with E-state index < -0.39 is 11.9 Å². The lowest BCUT2D eigenvalue weighted by atomic mass is 10.2. The number of halogens is 3. The zero-order valence-corrected chi connectivity index (χ0v) is 9.06. The highest BCUT2D eigenvalue weighted by Gasteiger charge is 2.42. The number of alkyl halides is 3. The van der Waals surface area contributed by atoms with Crippen LogP contribution in [0.4, 0.5) is 13.2 Å². The van der Waals surface area contributed by atoms with Crippen molar-refractivity contribution in [3.05, 3.63) is 29.6 Å². The van der Waals surface area contributed by atoms with Crippen molar-refractivity contribution in [1.29, 1.82) is 0 Å². The van der Waals surface area contributed by atoms with Gasteiger partial charge in [0.1, 0.15) is 0 Å². The van der Waals surface area contributed by atoms with Crippen molar-refractivity contribution in [3.63, 3.8) is 0 Å². The first-order chi connectivity index (χ1) is 6.86. The van der Waals surface area contributed by atoms with E-state index >= 15 is 0 Å². The molecule has 1 aromatic rings. The monoisotopic (exact) mass is 238 g/mol. The topological polar surface area (TPSA) is 24.1 Å². The lowest BCUT2D eigenvalue weighted by molar-refractivity contribution is -0.915. The second kappa shape index (κ2) is 4.30. The molecule has 0 spiro atoms. The van der Waals surface area contributed by atoms with Gasteiger partial charge in [-0.3, -0.25) is 5.21 Å². The Morgan fingerprint density at radius 1 is 1.40 bits per heavy atom. The van der Waals surface area contributed by atoms with Crippen molar-refractivity contribution in [2.75, 3.05) is 6.26 Å². The van der Waals surface area contributed by atoms with Crippen molar-refractivity contribution < 1.29 is 23.1 Å². The number of rotatable bonds is 2. The van der Waals surface area contributed by atoms with E-state index in [0.717, 1.165) is 12.3 Å². The Bertz CT molecular complexity index is 354.